The van der Waals surface area contributed by atoms with Gasteiger partial charge in [0.15, 0.2) is 0 Å². The largest absolute Gasteiger partial charge is 0.478 e. The van der Waals surface area contributed by atoms with E-state index in [9.17, 15) is 9.90 Å². The molecule has 0 radical (unpaired) electrons. The van der Waals surface area contributed by atoms with E-state index in [1.165, 1.54) is 16.8 Å². The lowest BCUT2D eigenvalue weighted by Crippen LogP contribution is -2.38. The van der Waals surface area contributed by atoms with Gasteiger partial charge in [-0.25, -0.2) is 4.79 Å². The first-order valence-electron chi connectivity index (χ1n) is 9.87. The summed E-state index contributed by atoms with van der Waals surface area (Å²) in [5, 5.41) is 9.81. The molecule has 1 N–H and O–H groups in total. The quantitative estimate of drug-likeness (QED) is 0.667. The van der Waals surface area contributed by atoms with Gasteiger partial charge in [0.1, 0.15) is 5.75 Å². The number of para-hydroxylation sites is 1. The first-order valence-corrected chi connectivity index (χ1v) is 9.87. The van der Waals surface area contributed by atoms with E-state index < -0.39 is 11.6 Å². The van der Waals surface area contributed by atoms with E-state index in [2.05, 4.69) is 48.3 Å². The number of carboxylic acids is 1. The van der Waals surface area contributed by atoms with Crippen molar-refractivity contribution < 1.29 is 14.6 Å². The SMILES string of the molecule is CN1CCC(c2ccc(OC(C)(C(=O)O)c3ccccc3)cc2)c2ccccc21. The van der Waals surface area contributed by atoms with Crippen molar-refractivity contribution in [2.75, 3.05) is 18.5 Å². The highest BCUT2D eigenvalue weighted by molar-refractivity contribution is 5.79. The van der Waals surface area contributed by atoms with Crippen molar-refractivity contribution in [3.8, 4) is 5.75 Å². The Balaban J connectivity index is 1.60. The first kappa shape index (κ1) is 19.1. The molecule has 3 aromatic carbocycles. The Labute approximate surface area is 171 Å². The van der Waals surface area contributed by atoms with Crippen molar-refractivity contribution in [1.29, 1.82) is 0 Å². The molecule has 0 fully saturated rings. The molecule has 0 saturated heterocycles. The second kappa shape index (κ2) is 7.63. The Morgan fingerprint density at radius 2 is 1.66 bits per heavy atom. The minimum atomic E-state index is -1.44. The van der Waals surface area contributed by atoms with E-state index in [-0.39, 0.29) is 0 Å². The molecular weight excluding hydrogens is 362 g/mol. The van der Waals surface area contributed by atoms with Crippen LogP contribution in [0.2, 0.25) is 0 Å². The fourth-order valence-corrected chi connectivity index (χ4v) is 4.06. The van der Waals surface area contributed by atoms with Gasteiger partial charge in [-0.15, -0.1) is 0 Å². The predicted octanol–water partition coefficient (Wildman–Crippen LogP) is 5.04. The summed E-state index contributed by atoms with van der Waals surface area (Å²) < 4.78 is 5.97. The topological polar surface area (TPSA) is 49.8 Å². The molecule has 0 aromatic heterocycles. The molecule has 1 aliphatic rings. The molecular formula is C25H25NO3. The minimum Gasteiger partial charge on any atom is -0.478 e. The van der Waals surface area contributed by atoms with Gasteiger partial charge in [0.2, 0.25) is 5.60 Å². The van der Waals surface area contributed by atoms with Crippen LogP contribution >= 0.6 is 0 Å². The number of anilines is 1. The van der Waals surface area contributed by atoms with E-state index in [1.54, 1.807) is 19.1 Å². The van der Waals surface area contributed by atoms with E-state index >= 15 is 0 Å². The van der Waals surface area contributed by atoms with E-state index in [0.29, 0.717) is 17.2 Å². The van der Waals surface area contributed by atoms with Crippen molar-refractivity contribution >= 4 is 11.7 Å². The molecule has 0 bridgehead atoms. The van der Waals surface area contributed by atoms with Crippen LogP contribution in [0.15, 0.2) is 78.9 Å². The monoisotopic (exact) mass is 387 g/mol. The maximum absolute atomic E-state index is 12.0. The number of hydrogen-bond acceptors (Lipinski definition) is 3. The molecule has 2 atom stereocenters. The number of hydrogen-bond donors (Lipinski definition) is 1. The number of carboxylic acid groups (broad SMARTS) is 1. The predicted molar refractivity (Wildman–Crippen MR) is 115 cm³/mol. The molecule has 0 saturated carbocycles. The average molecular weight is 387 g/mol. The summed E-state index contributed by atoms with van der Waals surface area (Å²) in [6.07, 6.45) is 1.05. The van der Waals surface area contributed by atoms with Crippen LogP contribution in [-0.2, 0) is 10.4 Å². The summed E-state index contributed by atoms with van der Waals surface area (Å²) in [6, 6.07) is 25.4. The normalized spacial score (nSPS) is 17.9. The van der Waals surface area contributed by atoms with Crippen LogP contribution in [0, 0.1) is 0 Å². The number of ether oxygens (including phenoxy) is 1. The van der Waals surface area contributed by atoms with Crippen LogP contribution in [0.3, 0.4) is 0 Å². The van der Waals surface area contributed by atoms with Crippen LogP contribution in [0.4, 0.5) is 5.69 Å². The van der Waals surface area contributed by atoms with Crippen molar-refractivity contribution in [2.45, 2.75) is 24.9 Å². The first-order chi connectivity index (χ1) is 14.0. The lowest BCUT2D eigenvalue weighted by atomic mass is 9.84. The average Bonchev–Trinajstić information content (AvgIpc) is 2.75. The molecule has 0 spiro atoms. The van der Waals surface area contributed by atoms with Gasteiger partial charge in [-0.1, -0.05) is 60.7 Å². The third-order valence-corrected chi connectivity index (χ3v) is 5.81. The maximum Gasteiger partial charge on any atom is 0.352 e. The van der Waals surface area contributed by atoms with Crippen molar-refractivity contribution in [3.05, 3.63) is 95.6 Å². The third-order valence-electron chi connectivity index (χ3n) is 5.81. The second-order valence-electron chi connectivity index (χ2n) is 7.70. The molecule has 4 nitrogen and oxygen atoms in total. The zero-order valence-corrected chi connectivity index (χ0v) is 16.7. The van der Waals surface area contributed by atoms with E-state index in [4.69, 9.17) is 4.74 Å². The van der Waals surface area contributed by atoms with Gasteiger partial charge in [0.05, 0.1) is 0 Å². The number of rotatable bonds is 5. The van der Waals surface area contributed by atoms with Gasteiger partial charge < -0.3 is 14.7 Å². The highest BCUT2D eigenvalue weighted by Crippen LogP contribution is 2.39. The fraction of sp³-hybridized carbons (Fsp3) is 0.240. The molecule has 3 aromatic rings. The molecule has 4 heteroatoms. The summed E-state index contributed by atoms with van der Waals surface area (Å²) >= 11 is 0. The van der Waals surface area contributed by atoms with Gasteiger partial charge in [-0.2, -0.15) is 0 Å². The van der Waals surface area contributed by atoms with Gasteiger partial charge in [0, 0.05) is 30.8 Å². The summed E-state index contributed by atoms with van der Waals surface area (Å²) in [5.74, 6) is -0.142. The number of carbonyl (C=O) groups is 1. The molecule has 0 amide bonds. The number of nitrogens with zero attached hydrogens (tertiary/aromatic N) is 1. The molecule has 29 heavy (non-hydrogen) atoms. The minimum absolute atomic E-state index is 0.330. The standard InChI is InChI=1S/C25H25NO3/c1-25(24(27)28,19-8-4-3-5-9-19)29-20-14-12-18(13-15-20)21-16-17-26(2)23-11-7-6-10-22(21)23/h3-15,21H,16-17H2,1-2H3,(H,27,28). The Kier molecular flexibility index (Phi) is 5.01. The molecule has 2 unspecified atom stereocenters. The Bertz CT molecular complexity index is 1000. The van der Waals surface area contributed by atoms with Gasteiger partial charge in [-0.05, 0) is 42.7 Å². The number of aliphatic carboxylic acids is 1. The Morgan fingerprint density at radius 1 is 1.00 bits per heavy atom. The maximum atomic E-state index is 12.0. The molecule has 0 aliphatic carbocycles. The second-order valence-corrected chi connectivity index (χ2v) is 7.70. The lowest BCUT2D eigenvalue weighted by molar-refractivity contribution is -0.154. The third kappa shape index (κ3) is 3.58. The zero-order chi connectivity index (χ0) is 20.4. The highest BCUT2D eigenvalue weighted by atomic mass is 16.5. The Morgan fingerprint density at radius 3 is 2.34 bits per heavy atom. The van der Waals surface area contributed by atoms with Gasteiger partial charge in [0.25, 0.3) is 0 Å². The van der Waals surface area contributed by atoms with E-state index in [0.717, 1.165) is 13.0 Å². The van der Waals surface area contributed by atoms with Crippen LogP contribution in [0.1, 0.15) is 36.0 Å². The van der Waals surface area contributed by atoms with Gasteiger partial charge >= 0.3 is 5.97 Å². The van der Waals surface area contributed by atoms with Crippen molar-refractivity contribution in [2.24, 2.45) is 0 Å². The zero-order valence-electron chi connectivity index (χ0n) is 16.7. The molecule has 148 valence electrons. The molecule has 4 rings (SSSR count). The molecule has 1 aliphatic heterocycles. The van der Waals surface area contributed by atoms with Crippen molar-refractivity contribution in [1.82, 2.24) is 0 Å². The fourth-order valence-electron chi connectivity index (χ4n) is 4.06. The van der Waals surface area contributed by atoms with Crippen LogP contribution in [0.25, 0.3) is 0 Å². The number of fused-ring (bicyclic) bond motifs is 1. The van der Waals surface area contributed by atoms with Crippen LogP contribution < -0.4 is 9.64 Å². The summed E-state index contributed by atoms with van der Waals surface area (Å²) in [4.78, 5) is 14.3. The van der Waals surface area contributed by atoms with Gasteiger partial charge in [-0.3, -0.25) is 0 Å². The van der Waals surface area contributed by atoms with E-state index in [1.807, 2.05) is 30.3 Å². The number of benzene rings is 3. The summed E-state index contributed by atoms with van der Waals surface area (Å²) in [6.45, 7) is 2.59. The smallest absolute Gasteiger partial charge is 0.352 e. The van der Waals surface area contributed by atoms with Crippen LogP contribution in [-0.4, -0.2) is 24.7 Å². The van der Waals surface area contributed by atoms with Crippen molar-refractivity contribution in [3.63, 3.8) is 0 Å². The molecule has 1 heterocycles. The highest BCUT2D eigenvalue weighted by Gasteiger charge is 2.37. The summed E-state index contributed by atoms with van der Waals surface area (Å²) in [7, 11) is 2.13. The Hall–Kier alpha value is -3.27. The summed E-state index contributed by atoms with van der Waals surface area (Å²) in [5.41, 5.74) is 2.99. The lowest BCUT2D eigenvalue weighted by Gasteiger charge is -2.33. The van der Waals surface area contributed by atoms with Crippen LogP contribution in [0.5, 0.6) is 5.75 Å².